The van der Waals surface area contributed by atoms with Crippen LogP contribution in [0, 0.1) is 0 Å². The third kappa shape index (κ3) is 3.79. The molecule has 0 bridgehead atoms. The average Bonchev–Trinajstić information content (AvgIpc) is 2.38. The van der Waals surface area contributed by atoms with Crippen LogP contribution in [-0.2, 0) is 11.2 Å². The molecule has 18 heavy (non-hydrogen) atoms. The summed E-state index contributed by atoms with van der Waals surface area (Å²) in [6.45, 7) is 0. The Morgan fingerprint density at radius 1 is 1.06 bits per heavy atom. The minimum Gasteiger partial charge on any atom is -0.299 e. The maximum atomic E-state index is 11.7. The van der Waals surface area contributed by atoms with Crippen LogP contribution >= 0.6 is 11.6 Å². The minimum absolute atomic E-state index is 0.0961. The van der Waals surface area contributed by atoms with E-state index in [0.717, 1.165) is 11.3 Å². The smallest absolute Gasteiger partial charge is 0.242 e. The van der Waals surface area contributed by atoms with E-state index >= 15 is 0 Å². The van der Waals surface area contributed by atoms with Gasteiger partial charge >= 0.3 is 0 Å². The van der Waals surface area contributed by atoms with Crippen LogP contribution < -0.4 is 10.9 Å². The van der Waals surface area contributed by atoms with Crippen molar-refractivity contribution in [1.29, 1.82) is 0 Å². The second kappa shape index (κ2) is 6.07. The van der Waals surface area contributed by atoms with E-state index in [9.17, 15) is 4.79 Å². The van der Waals surface area contributed by atoms with Gasteiger partial charge in [0.15, 0.2) is 0 Å². The SMILES string of the molecule is O=C(Cc1ccccc1)NNc1cccc(Cl)c1. The summed E-state index contributed by atoms with van der Waals surface area (Å²) in [5.41, 5.74) is 7.18. The number of hydrogen-bond acceptors (Lipinski definition) is 2. The summed E-state index contributed by atoms with van der Waals surface area (Å²) >= 11 is 5.84. The highest BCUT2D eigenvalue weighted by Gasteiger charge is 2.02. The first-order valence-electron chi connectivity index (χ1n) is 5.58. The molecule has 0 aliphatic carbocycles. The van der Waals surface area contributed by atoms with Gasteiger partial charge in [-0.3, -0.25) is 15.6 Å². The first-order chi connectivity index (χ1) is 8.74. The van der Waals surface area contributed by atoms with Gasteiger partial charge in [-0.15, -0.1) is 0 Å². The maximum Gasteiger partial charge on any atom is 0.242 e. The number of halogens is 1. The van der Waals surface area contributed by atoms with E-state index in [1.54, 1.807) is 12.1 Å². The summed E-state index contributed by atoms with van der Waals surface area (Å²) in [4.78, 5) is 11.7. The molecule has 0 aliphatic heterocycles. The lowest BCUT2D eigenvalue weighted by Gasteiger charge is -2.08. The zero-order valence-electron chi connectivity index (χ0n) is 9.69. The molecule has 0 heterocycles. The van der Waals surface area contributed by atoms with Gasteiger partial charge in [-0.25, -0.2) is 0 Å². The molecule has 0 radical (unpaired) electrons. The Hall–Kier alpha value is -2.00. The van der Waals surface area contributed by atoms with Crippen molar-refractivity contribution in [2.75, 3.05) is 5.43 Å². The molecule has 3 nitrogen and oxygen atoms in total. The molecule has 0 saturated heterocycles. The van der Waals surface area contributed by atoms with Crippen molar-refractivity contribution in [1.82, 2.24) is 5.43 Å². The normalized spacial score (nSPS) is 9.83. The summed E-state index contributed by atoms with van der Waals surface area (Å²) in [5.74, 6) is -0.0961. The fourth-order valence-electron chi connectivity index (χ4n) is 1.53. The van der Waals surface area contributed by atoms with Gasteiger partial charge in [0.05, 0.1) is 12.1 Å². The number of nitrogens with one attached hydrogen (secondary N) is 2. The number of amides is 1. The third-order valence-electron chi connectivity index (χ3n) is 2.38. The van der Waals surface area contributed by atoms with E-state index in [0.29, 0.717) is 11.4 Å². The molecule has 1 amide bonds. The van der Waals surface area contributed by atoms with Gasteiger partial charge in [0, 0.05) is 5.02 Å². The fraction of sp³-hybridized carbons (Fsp3) is 0.0714. The Kier molecular flexibility index (Phi) is 4.20. The van der Waals surface area contributed by atoms with Crippen LogP contribution in [0.1, 0.15) is 5.56 Å². The first-order valence-corrected chi connectivity index (χ1v) is 5.96. The largest absolute Gasteiger partial charge is 0.299 e. The van der Waals surface area contributed by atoms with Gasteiger partial charge < -0.3 is 0 Å². The molecule has 0 spiro atoms. The zero-order valence-corrected chi connectivity index (χ0v) is 10.4. The van der Waals surface area contributed by atoms with Gasteiger partial charge in [0.1, 0.15) is 0 Å². The van der Waals surface area contributed by atoms with Crippen LogP contribution in [-0.4, -0.2) is 5.91 Å². The summed E-state index contributed by atoms with van der Waals surface area (Å²) in [5, 5.41) is 0.623. The van der Waals surface area contributed by atoms with Gasteiger partial charge in [0.25, 0.3) is 0 Å². The number of hydrogen-bond donors (Lipinski definition) is 2. The van der Waals surface area contributed by atoms with Crippen LogP contribution in [0.3, 0.4) is 0 Å². The van der Waals surface area contributed by atoms with E-state index in [4.69, 9.17) is 11.6 Å². The number of hydrazine groups is 1. The van der Waals surface area contributed by atoms with Crippen LogP contribution in [0.15, 0.2) is 54.6 Å². The standard InChI is InChI=1S/C14H13ClN2O/c15-12-7-4-8-13(10-12)16-17-14(18)9-11-5-2-1-3-6-11/h1-8,10,16H,9H2,(H,17,18). The summed E-state index contributed by atoms with van der Waals surface area (Å²) in [7, 11) is 0. The number of carbonyl (C=O) groups excluding carboxylic acids is 1. The molecule has 2 rings (SSSR count). The van der Waals surface area contributed by atoms with Crippen molar-refractivity contribution in [2.24, 2.45) is 0 Å². The van der Waals surface area contributed by atoms with E-state index in [1.165, 1.54) is 0 Å². The number of benzene rings is 2. The van der Waals surface area contributed by atoms with Crippen molar-refractivity contribution in [2.45, 2.75) is 6.42 Å². The lowest BCUT2D eigenvalue weighted by atomic mass is 10.1. The molecule has 0 aliphatic rings. The molecule has 2 aromatic rings. The predicted molar refractivity (Wildman–Crippen MR) is 73.4 cm³/mol. The second-order valence-corrected chi connectivity index (χ2v) is 4.28. The Morgan fingerprint density at radius 3 is 2.56 bits per heavy atom. The average molecular weight is 261 g/mol. The van der Waals surface area contributed by atoms with Crippen molar-refractivity contribution in [3.63, 3.8) is 0 Å². The molecule has 0 unspecified atom stereocenters. The Morgan fingerprint density at radius 2 is 1.83 bits per heavy atom. The molecule has 0 aromatic heterocycles. The highest BCUT2D eigenvalue weighted by atomic mass is 35.5. The molecular weight excluding hydrogens is 248 g/mol. The first kappa shape index (κ1) is 12.5. The van der Waals surface area contributed by atoms with Crippen LogP contribution in [0.2, 0.25) is 5.02 Å². The topological polar surface area (TPSA) is 41.1 Å². The van der Waals surface area contributed by atoms with Gasteiger partial charge in [-0.05, 0) is 23.8 Å². The third-order valence-corrected chi connectivity index (χ3v) is 2.61. The lowest BCUT2D eigenvalue weighted by Crippen LogP contribution is -2.30. The zero-order chi connectivity index (χ0) is 12.8. The van der Waals surface area contributed by atoms with Gasteiger partial charge in [-0.2, -0.15) is 0 Å². The monoisotopic (exact) mass is 260 g/mol. The Bertz CT molecular complexity index is 528. The summed E-state index contributed by atoms with van der Waals surface area (Å²) in [6.07, 6.45) is 0.342. The quantitative estimate of drug-likeness (QED) is 0.830. The van der Waals surface area contributed by atoms with Crippen LogP contribution in [0.25, 0.3) is 0 Å². The second-order valence-electron chi connectivity index (χ2n) is 3.85. The van der Waals surface area contributed by atoms with Gasteiger partial charge in [0.2, 0.25) is 5.91 Å². The Labute approximate surface area is 111 Å². The van der Waals surface area contributed by atoms with Crippen molar-refractivity contribution in [3.05, 3.63) is 65.2 Å². The van der Waals surface area contributed by atoms with E-state index in [-0.39, 0.29) is 5.91 Å². The molecule has 2 N–H and O–H groups in total. The number of rotatable bonds is 4. The van der Waals surface area contributed by atoms with Crippen molar-refractivity contribution in [3.8, 4) is 0 Å². The molecule has 0 fully saturated rings. The molecule has 0 atom stereocenters. The minimum atomic E-state index is -0.0961. The van der Waals surface area contributed by atoms with Crippen LogP contribution in [0.4, 0.5) is 5.69 Å². The van der Waals surface area contributed by atoms with Gasteiger partial charge in [-0.1, -0.05) is 48.0 Å². The highest BCUT2D eigenvalue weighted by molar-refractivity contribution is 6.30. The highest BCUT2D eigenvalue weighted by Crippen LogP contribution is 2.13. The molecule has 92 valence electrons. The van der Waals surface area contributed by atoms with E-state index in [2.05, 4.69) is 10.9 Å². The number of carbonyl (C=O) groups is 1. The van der Waals surface area contributed by atoms with Crippen LogP contribution in [0.5, 0.6) is 0 Å². The predicted octanol–water partition coefficient (Wildman–Crippen LogP) is 3.03. The molecule has 4 heteroatoms. The fourth-order valence-corrected chi connectivity index (χ4v) is 1.72. The lowest BCUT2D eigenvalue weighted by molar-refractivity contribution is -0.119. The van der Waals surface area contributed by atoms with Crippen molar-refractivity contribution < 1.29 is 4.79 Å². The molecule has 2 aromatic carbocycles. The van der Waals surface area contributed by atoms with E-state index in [1.807, 2.05) is 42.5 Å². The summed E-state index contributed by atoms with van der Waals surface area (Å²) < 4.78 is 0. The van der Waals surface area contributed by atoms with E-state index < -0.39 is 0 Å². The van der Waals surface area contributed by atoms with Crippen molar-refractivity contribution >= 4 is 23.2 Å². The maximum absolute atomic E-state index is 11.7. The Balaban J connectivity index is 1.85. The number of anilines is 1. The molecular formula is C14H13ClN2O. The molecule has 0 saturated carbocycles. The summed E-state index contributed by atoms with van der Waals surface area (Å²) in [6, 6.07) is 16.7.